The second-order valence-corrected chi connectivity index (χ2v) is 4.85. The van der Waals surface area contributed by atoms with Crippen molar-refractivity contribution in [2.45, 2.75) is 20.4 Å². The van der Waals surface area contributed by atoms with E-state index in [2.05, 4.69) is 10.4 Å². The van der Waals surface area contributed by atoms with E-state index in [1.54, 1.807) is 36.0 Å². The van der Waals surface area contributed by atoms with Gasteiger partial charge in [0.05, 0.1) is 27.0 Å². The number of aryl methyl sites for hydroxylation is 2. The number of nitrogens with one attached hydrogen (secondary N) is 1. The molecule has 0 atom stereocenters. The molecule has 0 saturated carbocycles. The number of nitrogens with zero attached hydrogens (tertiary/aromatic N) is 2. The van der Waals surface area contributed by atoms with Gasteiger partial charge in [0.2, 0.25) is 0 Å². The van der Waals surface area contributed by atoms with Crippen molar-refractivity contribution in [3.8, 4) is 0 Å². The molecule has 1 aromatic heterocycles. The van der Waals surface area contributed by atoms with Gasteiger partial charge in [0.25, 0.3) is 5.91 Å². The smallest absolute Gasteiger partial charge is 0.259 e. The van der Waals surface area contributed by atoms with E-state index in [4.69, 9.17) is 23.2 Å². The number of para-hydroxylation sites is 1. The van der Waals surface area contributed by atoms with Gasteiger partial charge in [-0.25, -0.2) is 0 Å². The van der Waals surface area contributed by atoms with Crippen molar-refractivity contribution in [1.29, 1.82) is 0 Å². The van der Waals surface area contributed by atoms with Crippen molar-refractivity contribution in [2.24, 2.45) is 0 Å². The van der Waals surface area contributed by atoms with Crippen molar-refractivity contribution in [1.82, 2.24) is 9.78 Å². The first-order chi connectivity index (χ1) is 9.02. The van der Waals surface area contributed by atoms with Crippen molar-refractivity contribution < 1.29 is 4.79 Å². The normalized spacial score (nSPS) is 10.5. The molecular formula is C13H13Cl2N3O. The highest BCUT2D eigenvalue weighted by Gasteiger charge is 2.15. The van der Waals surface area contributed by atoms with Gasteiger partial charge in [0.1, 0.15) is 0 Å². The number of rotatable bonds is 3. The summed E-state index contributed by atoms with van der Waals surface area (Å²) < 4.78 is 1.71. The molecule has 0 unspecified atom stereocenters. The van der Waals surface area contributed by atoms with E-state index < -0.39 is 0 Å². The fourth-order valence-corrected chi connectivity index (χ4v) is 2.19. The van der Waals surface area contributed by atoms with Gasteiger partial charge in [0.15, 0.2) is 0 Å². The van der Waals surface area contributed by atoms with E-state index in [1.165, 1.54) is 0 Å². The number of carbonyl (C=O) groups excluding carboxylic acids is 1. The number of aromatic nitrogens is 2. The van der Waals surface area contributed by atoms with Crippen LogP contribution in [0, 0.1) is 6.92 Å². The summed E-state index contributed by atoms with van der Waals surface area (Å²) in [6, 6.07) is 5.07. The maximum absolute atomic E-state index is 12.2. The molecule has 1 aromatic carbocycles. The van der Waals surface area contributed by atoms with E-state index >= 15 is 0 Å². The van der Waals surface area contributed by atoms with Crippen LogP contribution >= 0.6 is 23.2 Å². The molecule has 0 aliphatic carbocycles. The average molecular weight is 298 g/mol. The Morgan fingerprint density at radius 2 is 2.00 bits per heavy atom. The zero-order valence-electron chi connectivity index (χ0n) is 10.6. The number of hydrogen-bond acceptors (Lipinski definition) is 2. The van der Waals surface area contributed by atoms with Crippen LogP contribution in [0.3, 0.4) is 0 Å². The van der Waals surface area contributed by atoms with Crippen LogP contribution in [0.2, 0.25) is 10.0 Å². The number of carbonyl (C=O) groups is 1. The van der Waals surface area contributed by atoms with Gasteiger partial charge < -0.3 is 5.32 Å². The molecule has 6 heteroatoms. The summed E-state index contributed by atoms with van der Waals surface area (Å²) in [5.41, 5.74) is 1.60. The lowest BCUT2D eigenvalue weighted by Crippen LogP contribution is -2.13. The average Bonchev–Trinajstić information content (AvgIpc) is 2.75. The van der Waals surface area contributed by atoms with Gasteiger partial charge >= 0.3 is 0 Å². The van der Waals surface area contributed by atoms with Crippen LogP contribution in [0.25, 0.3) is 0 Å². The van der Waals surface area contributed by atoms with Crippen LogP contribution in [0.15, 0.2) is 24.4 Å². The van der Waals surface area contributed by atoms with Crippen molar-refractivity contribution >= 4 is 34.8 Å². The first-order valence-corrected chi connectivity index (χ1v) is 6.58. The molecular weight excluding hydrogens is 285 g/mol. The first kappa shape index (κ1) is 13.9. The number of hydrogen-bond donors (Lipinski definition) is 1. The Hall–Kier alpha value is -1.52. The van der Waals surface area contributed by atoms with Crippen LogP contribution in [-0.4, -0.2) is 15.7 Å². The minimum atomic E-state index is -0.271. The van der Waals surface area contributed by atoms with Crippen LogP contribution in [0.5, 0.6) is 0 Å². The third kappa shape index (κ3) is 2.91. The maximum Gasteiger partial charge on any atom is 0.259 e. The van der Waals surface area contributed by atoms with Gasteiger partial charge in [-0.1, -0.05) is 29.3 Å². The third-order valence-corrected chi connectivity index (χ3v) is 3.35. The molecule has 100 valence electrons. The SMILES string of the molecule is CCn1cc(C(=O)Nc2c(Cl)cccc2Cl)c(C)n1. The van der Waals surface area contributed by atoms with Gasteiger partial charge in [-0.2, -0.15) is 5.10 Å². The molecule has 1 N–H and O–H groups in total. The molecule has 2 aromatic rings. The molecule has 2 rings (SSSR count). The Kier molecular flexibility index (Phi) is 4.12. The Labute approximate surface area is 121 Å². The van der Waals surface area contributed by atoms with Gasteiger partial charge in [-0.3, -0.25) is 9.48 Å². The first-order valence-electron chi connectivity index (χ1n) is 5.82. The number of anilines is 1. The van der Waals surface area contributed by atoms with Crippen LogP contribution in [0.1, 0.15) is 23.0 Å². The molecule has 4 nitrogen and oxygen atoms in total. The predicted molar refractivity (Wildman–Crippen MR) is 77.1 cm³/mol. The van der Waals surface area contributed by atoms with E-state index in [0.29, 0.717) is 33.5 Å². The standard InChI is InChI=1S/C13H13Cl2N3O/c1-3-18-7-9(8(2)17-18)13(19)16-12-10(14)5-4-6-11(12)15/h4-7H,3H2,1-2H3,(H,16,19). The van der Waals surface area contributed by atoms with Crippen LogP contribution < -0.4 is 5.32 Å². The molecule has 0 radical (unpaired) electrons. The van der Waals surface area contributed by atoms with E-state index in [0.717, 1.165) is 0 Å². The fraction of sp³-hybridized carbons (Fsp3) is 0.231. The van der Waals surface area contributed by atoms with Crippen molar-refractivity contribution in [2.75, 3.05) is 5.32 Å². The number of benzene rings is 1. The summed E-state index contributed by atoms with van der Waals surface area (Å²) >= 11 is 12.0. The molecule has 0 fully saturated rings. The Morgan fingerprint density at radius 3 is 2.53 bits per heavy atom. The summed E-state index contributed by atoms with van der Waals surface area (Å²) in [4.78, 5) is 12.2. The van der Waals surface area contributed by atoms with E-state index in [1.807, 2.05) is 6.92 Å². The summed E-state index contributed by atoms with van der Waals surface area (Å²) in [5.74, 6) is -0.271. The highest BCUT2D eigenvalue weighted by atomic mass is 35.5. The highest BCUT2D eigenvalue weighted by Crippen LogP contribution is 2.30. The molecule has 0 saturated heterocycles. The van der Waals surface area contributed by atoms with Crippen LogP contribution in [-0.2, 0) is 6.54 Å². The molecule has 0 aliphatic rings. The monoisotopic (exact) mass is 297 g/mol. The molecule has 0 aliphatic heterocycles. The molecule has 0 bridgehead atoms. The topological polar surface area (TPSA) is 46.9 Å². The largest absolute Gasteiger partial charge is 0.319 e. The third-order valence-electron chi connectivity index (χ3n) is 2.72. The van der Waals surface area contributed by atoms with Crippen LogP contribution in [0.4, 0.5) is 5.69 Å². The molecule has 19 heavy (non-hydrogen) atoms. The van der Waals surface area contributed by atoms with E-state index in [9.17, 15) is 4.79 Å². The Balaban J connectivity index is 2.28. The quantitative estimate of drug-likeness (QED) is 0.937. The highest BCUT2D eigenvalue weighted by molar-refractivity contribution is 6.40. The molecule has 0 spiro atoms. The lowest BCUT2D eigenvalue weighted by molar-refractivity contribution is 0.102. The molecule has 1 amide bonds. The second kappa shape index (κ2) is 5.63. The summed E-state index contributed by atoms with van der Waals surface area (Å²) in [7, 11) is 0. The van der Waals surface area contributed by atoms with Gasteiger partial charge in [-0.05, 0) is 26.0 Å². The Bertz CT molecular complexity index is 602. The number of amides is 1. The second-order valence-electron chi connectivity index (χ2n) is 4.03. The Morgan fingerprint density at radius 1 is 1.37 bits per heavy atom. The number of halogens is 2. The van der Waals surface area contributed by atoms with Crippen molar-refractivity contribution in [3.63, 3.8) is 0 Å². The summed E-state index contributed by atoms with van der Waals surface area (Å²) in [5, 5.41) is 7.75. The predicted octanol–water partition coefficient (Wildman–Crippen LogP) is 3.77. The zero-order valence-corrected chi connectivity index (χ0v) is 12.1. The zero-order chi connectivity index (χ0) is 14.0. The molecule has 1 heterocycles. The van der Waals surface area contributed by atoms with E-state index in [-0.39, 0.29) is 5.91 Å². The summed E-state index contributed by atoms with van der Waals surface area (Å²) in [6.07, 6.45) is 1.70. The minimum Gasteiger partial charge on any atom is -0.319 e. The fourth-order valence-electron chi connectivity index (χ4n) is 1.70. The van der Waals surface area contributed by atoms with Gasteiger partial charge in [0, 0.05) is 12.7 Å². The van der Waals surface area contributed by atoms with Gasteiger partial charge in [-0.15, -0.1) is 0 Å². The van der Waals surface area contributed by atoms with Crippen molar-refractivity contribution in [3.05, 3.63) is 45.7 Å². The summed E-state index contributed by atoms with van der Waals surface area (Å²) in [6.45, 7) is 4.45. The minimum absolute atomic E-state index is 0.271. The lowest BCUT2D eigenvalue weighted by atomic mass is 10.2. The lowest BCUT2D eigenvalue weighted by Gasteiger charge is -2.08. The maximum atomic E-state index is 12.2.